The summed E-state index contributed by atoms with van der Waals surface area (Å²) in [6, 6.07) is 10.7. The van der Waals surface area contributed by atoms with E-state index in [2.05, 4.69) is 50.5 Å². The topological polar surface area (TPSA) is 37.3 Å². The van der Waals surface area contributed by atoms with Gasteiger partial charge in [-0.15, -0.1) is 50.5 Å². The summed E-state index contributed by atoms with van der Waals surface area (Å²) in [5.41, 5.74) is 1.45. The molecule has 0 radical (unpaired) electrons. The standard InChI is InChI=1S/C16H12O2S4/c17-15-13(11-7(19)3-1-4-8(11)20)16(18)14(15)12-9(21)5-2-6-10(12)22/h1-6,13,17,19-22H. The number of allylic oxidation sites excluding steroid dienone is 2. The molecule has 112 valence electrons. The van der Waals surface area contributed by atoms with Gasteiger partial charge in [-0.2, -0.15) is 0 Å². The minimum Gasteiger partial charge on any atom is -0.510 e. The van der Waals surface area contributed by atoms with E-state index >= 15 is 0 Å². The zero-order valence-electron chi connectivity index (χ0n) is 11.2. The molecule has 22 heavy (non-hydrogen) atoms. The lowest BCUT2D eigenvalue weighted by atomic mass is 9.75. The maximum Gasteiger partial charge on any atom is 0.182 e. The number of benzene rings is 2. The van der Waals surface area contributed by atoms with Crippen molar-refractivity contribution < 1.29 is 9.90 Å². The lowest BCUT2D eigenvalue weighted by Crippen LogP contribution is -2.29. The van der Waals surface area contributed by atoms with E-state index in [0.717, 1.165) is 0 Å². The average Bonchev–Trinajstić information content (AvgIpc) is 2.46. The van der Waals surface area contributed by atoms with Gasteiger partial charge < -0.3 is 5.11 Å². The first kappa shape index (κ1) is 15.9. The summed E-state index contributed by atoms with van der Waals surface area (Å²) in [6.45, 7) is 0. The zero-order valence-corrected chi connectivity index (χ0v) is 14.8. The van der Waals surface area contributed by atoms with E-state index in [4.69, 9.17) is 0 Å². The highest BCUT2D eigenvalue weighted by Gasteiger charge is 2.43. The fourth-order valence-corrected chi connectivity index (χ4v) is 4.09. The molecule has 0 saturated heterocycles. The number of rotatable bonds is 2. The van der Waals surface area contributed by atoms with E-state index in [1.54, 1.807) is 36.4 Å². The number of thiol groups is 4. The Morgan fingerprint density at radius 1 is 0.818 bits per heavy atom. The fourth-order valence-electron chi connectivity index (χ4n) is 2.60. The molecule has 2 aromatic carbocycles. The molecule has 6 heteroatoms. The maximum atomic E-state index is 12.6. The molecule has 1 aliphatic carbocycles. The first-order valence-corrected chi connectivity index (χ1v) is 8.22. The molecule has 1 unspecified atom stereocenters. The lowest BCUT2D eigenvalue weighted by molar-refractivity contribution is -0.116. The van der Waals surface area contributed by atoms with Gasteiger partial charge in [0.05, 0.1) is 5.57 Å². The van der Waals surface area contributed by atoms with Crippen molar-refractivity contribution >= 4 is 61.9 Å². The summed E-state index contributed by atoms with van der Waals surface area (Å²) in [4.78, 5) is 15.1. The number of Topliss-reactive ketones (excluding diaryl/α,β-unsaturated/α-hetero) is 1. The summed E-state index contributed by atoms with van der Waals surface area (Å²) in [7, 11) is 0. The minimum absolute atomic E-state index is 0.0126. The second-order valence-electron chi connectivity index (χ2n) is 4.94. The summed E-state index contributed by atoms with van der Waals surface area (Å²) < 4.78 is 0. The highest BCUT2D eigenvalue weighted by Crippen LogP contribution is 2.48. The van der Waals surface area contributed by atoms with Crippen molar-refractivity contribution in [2.24, 2.45) is 0 Å². The summed E-state index contributed by atoms with van der Waals surface area (Å²) >= 11 is 17.5. The number of aliphatic hydroxyl groups excluding tert-OH is 1. The number of hydrogen-bond donors (Lipinski definition) is 5. The molecule has 0 fully saturated rings. The quantitative estimate of drug-likeness (QED) is 0.510. The molecule has 0 saturated carbocycles. The molecule has 0 amide bonds. The van der Waals surface area contributed by atoms with Gasteiger partial charge in [0.25, 0.3) is 0 Å². The average molecular weight is 365 g/mol. The first-order chi connectivity index (χ1) is 10.4. The number of ketones is 1. The molecule has 0 aromatic heterocycles. The highest BCUT2D eigenvalue weighted by atomic mass is 32.1. The van der Waals surface area contributed by atoms with Crippen LogP contribution in [0.4, 0.5) is 0 Å². The van der Waals surface area contributed by atoms with Crippen molar-refractivity contribution in [3.05, 3.63) is 53.3 Å². The summed E-state index contributed by atoms with van der Waals surface area (Å²) in [5, 5.41) is 10.5. The van der Waals surface area contributed by atoms with Crippen LogP contribution in [0.25, 0.3) is 5.57 Å². The SMILES string of the molecule is O=C1C(c2c(S)cccc2S)=C(O)C1c1c(S)cccc1S. The molecule has 0 spiro atoms. The Kier molecular flexibility index (Phi) is 4.29. The Balaban J connectivity index is 2.15. The van der Waals surface area contributed by atoms with Crippen LogP contribution in [0.1, 0.15) is 17.0 Å². The van der Waals surface area contributed by atoms with Gasteiger partial charge in [0, 0.05) is 25.1 Å². The van der Waals surface area contributed by atoms with Crippen molar-refractivity contribution in [2.75, 3.05) is 0 Å². The number of hydrogen-bond acceptors (Lipinski definition) is 6. The highest BCUT2D eigenvalue weighted by molar-refractivity contribution is 7.81. The zero-order chi connectivity index (χ0) is 16.0. The van der Waals surface area contributed by atoms with Gasteiger partial charge in [-0.3, -0.25) is 4.79 Å². The Hall–Kier alpha value is -0.950. The predicted molar refractivity (Wildman–Crippen MR) is 99.2 cm³/mol. The molecule has 2 aromatic rings. The Labute approximate surface area is 150 Å². The molecular weight excluding hydrogens is 352 g/mol. The van der Waals surface area contributed by atoms with Crippen LogP contribution in [-0.2, 0) is 4.79 Å². The van der Waals surface area contributed by atoms with Crippen LogP contribution < -0.4 is 0 Å². The van der Waals surface area contributed by atoms with Gasteiger partial charge in [0.1, 0.15) is 11.7 Å². The van der Waals surface area contributed by atoms with Crippen LogP contribution in [0.3, 0.4) is 0 Å². The predicted octanol–water partition coefficient (Wildman–Crippen LogP) is 4.48. The van der Waals surface area contributed by atoms with Crippen LogP contribution in [-0.4, -0.2) is 10.9 Å². The maximum absolute atomic E-state index is 12.6. The monoisotopic (exact) mass is 364 g/mol. The van der Waals surface area contributed by atoms with Crippen LogP contribution >= 0.6 is 50.5 Å². The number of carbonyl (C=O) groups excluding carboxylic acids is 1. The largest absolute Gasteiger partial charge is 0.510 e. The normalized spacial score (nSPS) is 17.6. The molecule has 0 bridgehead atoms. The molecule has 0 heterocycles. The number of aliphatic hydroxyl groups is 1. The van der Waals surface area contributed by atoms with Crippen molar-refractivity contribution in [3.8, 4) is 0 Å². The lowest BCUT2D eigenvalue weighted by Gasteiger charge is -2.31. The van der Waals surface area contributed by atoms with Crippen molar-refractivity contribution in [1.82, 2.24) is 0 Å². The molecule has 1 aliphatic rings. The third-order valence-corrected chi connectivity index (χ3v) is 5.18. The summed E-state index contributed by atoms with van der Waals surface area (Å²) in [6.07, 6.45) is 0. The van der Waals surface area contributed by atoms with Crippen molar-refractivity contribution in [2.45, 2.75) is 25.5 Å². The van der Waals surface area contributed by atoms with Gasteiger partial charge in [-0.25, -0.2) is 0 Å². The smallest absolute Gasteiger partial charge is 0.182 e. The third kappa shape index (κ3) is 2.38. The van der Waals surface area contributed by atoms with Gasteiger partial charge in [0.15, 0.2) is 5.78 Å². The van der Waals surface area contributed by atoms with Crippen LogP contribution in [0.15, 0.2) is 61.7 Å². The minimum atomic E-state index is -0.725. The van der Waals surface area contributed by atoms with E-state index in [9.17, 15) is 9.90 Å². The second-order valence-corrected chi connectivity index (χ2v) is 6.87. The van der Waals surface area contributed by atoms with E-state index in [-0.39, 0.29) is 17.1 Å². The van der Waals surface area contributed by atoms with E-state index in [0.29, 0.717) is 30.7 Å². The van der Waals surface area contributed by atoms with Gasteiger partial charge in [-0.05, 0) is 29.8 Å². The Bertz CT molecular complexity index is 786. The van der Waals surface area contributed by atoms with Crippen LogP contribution in [0, 0.1) is 0 Å². The van der Waals surface area contributed by atoms with Crippen LogP contribution in [0.2, 0.25) is 0 Å². The summed E-state index contributed by atoms with van der Waals surface area (Å²) in [5.74, 6) is -0.887. The molecule has 0 aliphatic heterocycles. The van der Waals surface area contributed by atoms with Gasteiger partial charge in [0.2, 0.25) is 0 Å². The van der Waals surface area contributed by atoms with Crippen LogP contribution in [0.5, 0.6) is 0 Å². The molecular formula is C16H12O2S4. The first-order valence-electron chi connectivity index (χ1n) is 6.43. The number of carbonyl (C=O) groups is 1. The van der Waals surface area contributed by atoms with Gasteiger partial charge >= 0.3 is 0 Å². The van der Waals surface area contributed by atoms with Crippen molar-refractivity contribution in [1.29, 1.82) is 0 Å². The fraction of sp³-hybridized carbons (Fsp3) is 0.0625. The Morgan fingerprint density at radius 2 is 1.27 bits per heavy atom. The Morgan fingerprint density at radius 3 is 1.73 bits per heavy atom. The van der Waals surface area contributed by atoms with Gasteiger partial charge in [-0.1, -0.05) is 12.1 Å². The van der Waals surface area contributed by atoms with E-state index in [1.165, 1.54) is 0 Å². The molecule has 2 nitrogen and oxygen atoms in total. The molecule has 3 rings (SSSR count). The molecule has 1 atom stereocenters. The third-order valence-electron chi connectivity index (χ3n) is 3.66. The van der Waals surface area contributed by atoms with E-state index < -0.39 is 5.92 Å². The van der Waals surface area contributed by atoms with Crippen molar-refractivity contribution in [3.63, 3.8) is 0 Å². The van der Waals surface area contributed by atoms with E-state index in [1.807, 2.05) is 0 Å². The second kappa shape index (κ2) is 5.92. The molecule has 1 N–H and O–H groups in total.